The van der Waals surface area contributed by atoms with Crippen molar-refractivity contribution in [3.05, 3.63) is 23.5 Å². The first kappa shape index (κ1) is 14.1. The smallest absolute Gasteiger partial charge is 0.231 e. The van der Waals surface area contributed by atoms with Gasteiger partial charge in [-0.3, -0.25) is 0 Å². The van der Waals surface area contributed by atoms with E-state index in [1.165, 1.54) is 12.8 Å². The lowest BCUT2D eigenvalue weighted by Crippen LogP contribution is -2.21. The summed E-state index contributed by atoms with van der Waals surface area (Å²) in [6.45, 7) is 2.73. The SMILES string of the molecule is Clc1nc(NCCCc2ncc[nH]2)nc(N2CCCC2)n1. The highest BCUT2D eigenvalue weighted by molar-refractivity contribution is 6.28. The maximum Gasteiger partial charge on any atom is 0.231 e. The summed E-state index contributed by atoms with van der Waals surface area (Å²) in [5.74, 6) is 2.20. The number of nitrogens with zero attached hydrogens (tertiary/aromatic N) is 5. The van der Waals surface area contributed by atoms with Crippen molar-refractivity contribution in [2.45, 2.75) is 25.7 Å². The highest BCUT2D eigenvalue weighted by Gasteiger charge is 2.16. The van der Waals surface area contributed by atoms with Crippen LogP contribution in [0.1, 0.15) is 25.1 Å². The molecule has 2 aromatic rings. The van der Waals surface area contributed by atoms with Crippen LogP contribution in [0.5, 0.6) is 0 Å². The summed E-state index contributed by atoms with van der Waals surface area (Å²) >= 11 is 5.98. The predicted octanol–water partition coefficient (Wildman–Crippen LogP) is 1.89. The van der Waals surface area contributed by atoms with Crippen LogP contribution < -0.4 is 10.2 Å². The number of anilines is 2. The van der Waals surface area contributed by atoms with Crippen molar-refractivity contribution in [3.63, 3.8) is 0 Å². The molecule has 8 heteroatoms. The van der Waals surface area contributed by atoms with Gasteiger partial charge in [0.1, 0.15) is 5.82 Å². The Kier molecular flexibility index (Phi) is 4.49. The number of aromatic nitrogens is 5. The highest BCUT2D eigenvalue weighted by Crippen LogP contribution is 2.18. The van der Waals surface area contributed by atoms with Crippen molar-refractivity contribution in [1.29, 1.82) is 0 Å². The molecule has 0 radical (unpaired) electrons. The number of H-pyrrole nitrogens is 1. The summed E-state index contributed by atoms with van der Waals surface area (Å²) in [7, 11) is 0. The van der Waals surface area contributed by atoms with Gasteiger partial charge in [-0.2, -0.15) is 15.0 Å². The molecule has 1 saturated heterocycles. The van der Waals surface area contributed by atoms with Crippen LogP contribution in [-0.2, 0) is 6.42 Å². The molecule has 1 fully saturated rings. The lowest BCUT2D eigenvalue weighted by molar-refractivity contribution is 0.805. The molecular formula is C13H18ClN7. The Hall–Kier alpha value is -1.89. The molecule has 0 saturated carbocycles. The Bertz CT molecular complexity index is 566. The van der Waals surface area contributed by atoms with Crippen molar-refractivity contribution in [2.24, 2.45) is 0 Å². The van der Waals surface area contributed by atoms with Gasteiger partial charge in [-0.05, 0) is 30.9 Å². The second-order valence-corrected chi connectivity index (χ2v) is 5.33. The van der Waals surface area contributed by atoms with Crippen LogP contribution in [0.2, 0.25) is 5.28 Å². The van der Waals surface area contributed by atoms with E-state index in [1.54, 1.807) is 6.20 Å². The fourth-order valence-corrected chi connectivity index (χ4v) is 2.52. The number of rotatable bonds is 6. The van der Waals surface area contributed by atoms with Gasteiger partial charge in [0.25, 0.3) is 0 Å². The zero-order chi connectivity index (χ0) is 14.5. The summed E-state index contributed by atoms with van der Waals surface area (Å²) in [5, 5.41) is 3.43. The third kappa shape index (κ3) is 3.81. The van der Waals surface area contributed by atoms with Crippen molar-refractivity contribution in [2.75, 3.05) is 29.9 Å². The number of aromatic amines is 1. The molecule has 2 aromatic heterocycles. The first-order valence-electron chi connectivity index (χ1n) is 7.20. The molecule has 2 N–H and O–H groups in total. The topological polar surface area (TPSA) is 82.6 Å². The van der Waals surface area contributed by atoms with Crippen LogP contribution in [0, 0.1) is 0 Å². The van der Waals surface area contributed by atoms with Crippen molar-refractivity contribution in [1.82, 2.24) is 24.9 Å². The summed E-state index contributed by atoms with van der Waals surface area (Å²) in [6, 6.07) is 0. The molecule has 3 rings (SSSR count). The molecule has 0 aliphatic carbocycles. The van der Waals surface area contributed by atoms with Gasteiger partial charge < -0.3 is 15.2 Å². The maximum atomic E-state index is 5.98. The Morgan fingerprint density at radius 3 is 2.86 bits per heavy atom. The normalized spacial score (nSPS) is 14.6. The van der Waals surface area contributed by atoms with Gasteiger partial charge in [-0.15, -0.1) is 0 Å². The monoisotopic (exact) mass is 307 g/mol. The summed E-state index contributed by atoms with van der Waals surface area (Å²) < 4.78 is 0. The first-order valence-corrected chi connectivity index (χ1v) is 7.58. The van der Waals surface area contributed by atoms with E-state index in [4.69, 9.17) is 11.6 Å². The van der Waals surface area contributed by atoms with Crippen LogP contribution in [-0.4, -0.2) is 44.6 Å². The number of halogens is 1. The van der Waals surface area contributed by atoms with Gasteiger partial charge in [-0.1, -0.05) is 0 Å². The van der Waals surface area contributed by atoms with Crippen molar-refractivity contribution >= 4 is 23.5 Å². The minimum absolute atomic E-state index is 0.237. The molecule has 0 unspecified atom stereocenters. The van der Waals surface area contributed by atoms with Gasteiger partial charge in [0.15, 0.2) is 0 Å². The van der Waals surface area contributed by atoms with Crippen LogP contribution in [0.25, 0.3) is 0 Å². The molecule has 0 amide bonds. The lowest BCUT2D eigenvalue weighted by Gasteiger charge is -2.15. The average Bonchev–Trinajstić information content (AvgIpc) is 3.16. The molecule has 0 aromatic carbocycles. The van der Waals surface area contributed by atoms with Gasteiger partial charge in [0, 0.05) is 38.4 Å². The number of nitrogens with one attached hydrogen (secondary N) is 2. The van der Waals surface area contributed by atoms with Crippen LogP contribution in [0.3, 0.4) is 0 Å². The van der Waals surface area contributed by atoms with Gasteiger partial charge >= 0.3 is 0 Å². The molecule has 1 aliphatic rings. The van der Waals surface area contributed by atoms with E-state index in [1.807, 2.05) is 6.20 Å². The van der Waals surface area contributed by atoms with E-state index in [0.717, 1.165) is 38.3 Å². The Labute approximate surface area is 128 Å². The van der Waals surface area contributed by atoms with Crippen molar-refractivity contribution < 1.29 is 0 Å². The zero-order valence-corrected chi connectivity index (χ0v) is 12.5. The Morgan fingerprint density at radius 2 is 2.10 bits per heavy atom. The second-order valence-electron chi connectivity index (χ2n) is 4.99. The van der Waals surface area contributed by atoms with Gasteiger partial charge in [-0.25, -0.2) is 4.98 Å². The highest BCUT2D eigenvalue weighted by atomic mass is 35.5. The van der Waals surface area contributed by atoms with Gasteiger partial charge in [0.05, 0.1) is 0 Å². The average molecular weight is 308 g/mol. The first-order chi connectivity index (χ1) is 10.3. The standard InChI is InChI=1S/C13H18ClN7/c14-11-18-12(17-5-3-4-10-15-6-7-16-10)20-13(19-11)21-8-1-2-9-21/h6-7H,1-5,8-9H2,(H,15,16)(H,17,18,19,20). The fourth-order valence-electron chi connectivity index (χ4n) is 2.37. The molecule has 7 nitrogen and oxygen atoms in total. The van der Waals surface area contributed by atoms with Crippen LogP contribution in [0.15, 0.2) is 12.4 Å². The molecule has 1 aliphatic heterocycles. The third-order valence-electron chi connectivity index (χ3n) is 3.41. The largest absolute Gasteiger partial charge is 0.354 e. The molecule has 21 heavy (non-hydrogen) atoms. The molecule has 0 spiro atoms. The quantitative estimate of drug-likeness (QED) is 0.793. The predicted molar refractivity (Wildman–Crippen MR) is 81.7 cm³/mol. The summed E-state index contributed by atoms with van der Waals surface area (Å²) in [4.78, 5) is 22.2. The molecule has 112 valence electrons. The van der Waals surface area contributed by atoms with E-state index in [0.29, 0.717) is 11.9 Å². The maximum absolute atomic E-state index is 5.98. The number of imidazole rings is 1. The zero-order valence-electron chi connectivity index (χ0n) is 11.7. The van der Waals surface area contributed by atoms with E-state index < -0.39 is 0 Å². The Morgan fingerprint density at radius 1 is 1.24 bits per heavy atom. The van der Waals surface area contributed by atoms with E-state index in [-0.39, 0.29) is 5.28 Å². The van der Waals surface area contributed by atoms with Crippen LogP contribution >= 0.6 is 11.6 Å². The number of hydrogen-bond donors (Lipinski definition) is 2. The number of aryl methyl sites for hydroxylation is 1. The minimum atomic E-state index is 0.237. The lowest BCUT2D eigenvalue weighted by atomic mass is 10.3. The van der Waals surface area contributed by atoms with Crippen molar-refractivity contribution in [3.8, 4) is 0 Å². The fraction of sp³-hybridized carbons (Fsp3) is 0.538. The minimum Gasteiger partial charge on any atom is -0.354 e. The Balaban J connectivity index is 1.54. The van der Waals surface area contributed by atoms with Gasteiger partial charge in [0.2, 0.25) is 17.2 Å². The molecular weight excluding hydrogens is 290 g/mol. The number of hydrogen-bond acceptors (Lipinski definition) is 6. The molecule has 0 atom stereocenters. The van der Waals surface area contributed by atoms with E-state index >= 15 is 0 Å². The van der Waals surface area contributed by atoms with E-state index in [9.17, 15) is 0 Å². The second kappa shape index (κ2) is 6.71. The summed E-state index contributed by atoms with van der Waals surface area (Å²) in [5.41, 5.74) is 0. The molecule has 3 heterocycles. The molecule has 0 bridgehead atoms. The summed E-state index contributed by atoms with van der Waals surface area (Å²) in [6.07, 6.45) is 7.77. The third-order valence-corrected chi connectivity index (χ3v) is 3.58. The van der Waals surface area contributed by atoms with E-state index in [2.05, 4.69) is 35.1 Å². The van der Waals surface area contributed by atoms with Crippen LogP contribution in [0.4, 0.5) is 11.9 Å².